The van der Waals surface area contributed by atoms with Gasteiger partial charge in [-0.25, -0.2) is 4.98 Å². The first-order chi connectivity index (χ1) is 14.7. The maximum Gasteiger partial charge on any atom is 0.128 e. The van der Waals surface area contributed by atoms with Gasteiger partial charge in [-0.15, -0.1) is 0 Å². The quantitative estimate of drug-likeness (QED) is 0.414. The lowest BCUT2D eigenvalue weighted by Gasteiger charge is -2.31. The number of aromatic nitrogens is 1. The van der Waals surface area contributed by atoms with Gasteiger partial charge < -0.3 is 9.64 Å². The van der Waals surface area contributed by atoms with Crippen molar-refractivity contribution >= 4 is 17.4 Å². The summed E-state index contributed by atoms with van der Waals surface area (Å²) < 4.78 is 5.86. The zero-order valence-corrected chi connectivity index (χ0v) is 18.3. The highest BCUT2D eigenvalue weighted by Gasteiger charge is 2.17. The smallest absolute Gasteiger partial charge is 0.128 e. The summed E-state index contributed by atoms with van der Waals surface area (Å²) in [6.45, 7) is 4.59. The van der Waals surface area contributed by atoms with Crippen molar-refractivity contribution in [1.82, 2.24) is 4.98 Å². The maximum absolute atomic E-state index is 5.92. The van der Waals surface area contributed by atoms with Crippen LogP contribution in [0.2, 0.25) is 5.02 Å². The van der Waals surface area contributed by atoms with Gasteiger partial charge in [0.25, 0.3) is 0 Å². The summed E-state index contributed by atoms with van der Waals surface area (Å²) in [6, 6.07) is 20.2. The van der Waals surface area contributed by atoms with Gasteiger partial charge in [0.2, 0.25) is 0 Å². The third-order valence-corrected chi connectivity index (χ3v) is 5.95. The zero-order chi connectivity index (χ0) is 20.8. The predicted octanol–water partition coefficient (Wildman–Crippen LogP) is 6.94. The molecule has 0 aliphatic carbocycles. The van der Waals surface area contributed by atoms with Gasteiger partial charge in [0.05, 0.1) is 0 Å². The number of halogens is 1. The summed E-state index contributed by atoms with van der Waals surface area (Å²) >= 11 is 5.92. The number of hydrogen-bond donors (Lipinski definition) is 0. The van der Waals surface area contributed by atoms with Crippen LogP contribution in [0.1, 0.15) is 37.3 Å². The Bertz CT molecular complexity index is 923. The van der Waals surface area contributed by atoms with E-state index in [0.717, 1.165) is 55.6 Å². The standard InChI is InChI=1S/C26H29ClN2O/c1-20-4-3-17-29(19-20)26-16-9-22(18-28-26)6-2-5-21-7-12-24(13-8-21)30-25-14-10-23(27)11-15-25/h7-16,18,20H,2-6,17,19H2,1H3. The SMILES string of the molecule is CC1CCCN(c2ccc(CCCc3ccc(Oc4ccc(Cl)cc4)cc3)cn2)C1. The summed E-state index contributed by atoms with van der Waals surface area (Å²) in [6.07, 6.45) is 7.87. The Morgan fingerprint density at radius 2 is 1.60 bits per heavy atom. The van der Waals surface area contributed by atoms with E-state index >= 15 is 0 Å². The van der Waals surface area contributed by atoms with Crippen molar-refractivity contribution in [2.75, 3.05) is 18.0 Å². The molecular formula is C26H29ClN2O. The summed E-state index contributed by atoms with van der Waals surface area (Å²) in [5.41, 5.74) is 2.64. The first-order valence-electron chi connectivity index (χ1n) is 10.9. The highest BCUT2D eigenvalue weighted by atomic mass is 35.5. The van der Waals surface area contributed by atoms with Gasteiger partial charge >= 0.3 is 0 Å². The van der Waals surface area contributed by atoms with Crippen LogP contribution in [0.5, 0.6) is 11.5 Å². The van der Waals surface area contributed by atoms with E-state index in [1.165, 1.54) is 24.0 Å². The summed E-state index contributed by atoms with van der Waals surface area (Å²) in [7, 11) is 0. The normalized spacial score (nSPS) is 16.5. The van der Waals surface area contributed by atoms with Gasteiger partial charge in [-0.2, -0.15) is 0 Å². The number of benzene rings is 2. The minimum absolute atomic E-state index is 0.712. The molecule has 3 nitrogen and oxygen atoms in total. The van der Waals surface area contributed by atoms with Crippen molar-refractivity contribution in [2.24, 2.45) is 5.92 Å². The molecule has 1 saturated heterocycles. The first-order valence-corrected chi connectivity index (χ1v) is 11.3. The van der Waals surface area contributed by atoms with Crippen LogP contribution in [-0.4, -0.2) is 18.1 Å². The van der Waals surface area contributed by atoms with E-state index in [2.05, 4.69) is 42.3 Å². The molecule has 4 rings (SSSR count). The predicted molar refractivity (Wildman–Crippen MR) is 125 cm³/mol. The molecule has 2 heterocycles. The Hall–Kier alpha value is -2.52. The molecule has 1 unspecified atom stereocenters. The monoisotopic (exact) mass is 420 g/mol. The van der Waals surface area contributed by atoms with Gasteiger partial charge in [-0.05, 0) is 91.6 Å². The van der Waals surface area contributed by atoms with Gasteiger partial charge in [-0.1, -0.05) is 36.7 Å². The molecule has 4 heteroatoms. The number of ether oxygens (including phenoxy) is 1. The minimum atomic E-state index is 0.712. The highest BCUT2D eigenvalue weighted by Crippen LogP contribution is 2.24. The molecule has 2 aromatic carbocycles. The van der Waals surface area contributed by atoms with E-state index in [-0.39, 0.29) is 0 Å². The van der Waals surface area contributed by atoms with Gasteiger partial charge in [0.15, 0.2) is 0 Å². The molecule has 0 N–H and O–H groups in total. The second-order valence-corrected chi connectivity index (χ2v) is 8.71. The van der Waals surface area contributed by atoms with Crippen LogP contribution in [0.25, 0.3) is 0 Å². The number of rotatable bonds is 7. The van der Waals surface area contributed by atoms with E-state index in [0.29, 0.717) is 5.02 Å². The molecule has 156 valence electrons. The maximum atomic E-state index is 5.92. The third-order valence-electron chi connectivity index (χ3n) is 5.69. The average molecular weight is 421 g/mol. The Balaban J connectivity index is 1.24. The number of aryl methyl sites for hydroxylation is 2. The molecule has 0 bridgehead atoms. The topological polar surface area (TPSA) is 25.4 Å². The Labute approximate surface area is 184 Å². The molecule has 30 heavy (non-hydrogen) atoms. The highest BCUT2D eigenvalue weighted by molar-refractivity contribution is 6.30. The summed E-state index contributed by atoms with van der Waals surface area (Å²) in [5, 5.41) is 0.712. The number of pyridine rings is 1. The van der Waals surface area contributed by atoms with Crippen molar-refractivity contribution in [3.05, 3.63) is 83.0 Å². The summed E-state index contributed by atoms with van der Waals surface area (Å²) in [4.78, 5) is 7.14. The fourth-order valence-electron chi connectivity index (χ4n) is 4.01. The Morgan fingerprint density at radius 1 is 0.933 bits per heavy atom. The summed E-state index contributed by atoms with van der Waals surface area (Å²) in [5.74, 6) is 3.53. The van der Waals surface area contributed by atoms with E-state index in [4.69, 9.17) is 21.3 Å². The van der Waals surface area contributed by atoms with Gasteiger partial charge in [0, 0.05) is 24.3 Å². The number of hydrogen-bond acceptors (Lipinski definition) is 3. The van der Waals surface area contributed by atoms with E-state index in [9.17, 15) is 0 Å². The van der Waals surface area contributed by atoms with Crippen LogP contribution in [-0.2, 0) is 12.8 Å². The van der Waals surface area contributed by atoms with Crippen LogP contribution in [0.4, 0.5) is 5.82 Å². The van der Waals surface area contributed by atoms with Gasteiger partial charge in [0.1, 0.15) is 17.3 Å². The van der Waals surface area contributed by atoms with Crippen molar-refractivity contribution in [1.29, 1.82) is 0 Å². The Kier molecular flexibility index (Phi) is 6.91. The molecule has 1 atom stereocenters. The lowest BCUT2D eigenvalue weighted by molar-refractivity contribution is 0.444. The van der Waals surface area contributed by atoms with Crippen LogP contribution in [0.15, 0.2) is 66.9 Å². The lowest BCUT2D eigenvalue weighted by atomic mass is 10.0. The molecule has 1 aliphatic heterocycles. The van der Waals surface area contributed by atoms with E-state index in [1.807, 2.05) is 36.4 Å². The molecule has 1 fully saturated rings. The molecule has 0 radical (unpaired) electrons. The van der Waals surface area contributed by atoms with Crippen molar-refractivity contribution in [3.63, 3.8) is 0 Å². The van der Waals surface area contributed by atoms with Crippen LogP contribution < -0.4 is 9.64 Å². The van der Waals surface area contributed by atoms with Crippen LogP contribution in [0, 0.1) is 5.92 Å². The lowest BCUT2D eigenvalue weighted by Crippen LogP contribution is -2.34. The second kappa shape index (κ2) is 9.99. The first kappa shape index (κ1) is 20.7. The second-order valence-electron chi connectivity index (χ2n) is 8.27. The molecule has 1 aromatic heterocycles. The largest absolute Gasteiger partial charge is 0.457 e. The number of piperidine rings is 1. The average Bonchev–Trinajstić information content (AvgIpc) is 2.77. The van der Waals surface area contributed by atoms with E-state index < -0.39 is 0 Å². The number of anilines is 1. The van der Waals surface area contributed by atoms with Crippen molar-refractivity contribution < 1.29 is 4.74 Å². The van der Waals surface area contributed by atoms with Crippen molar-refractivity contribution in [2.45, 2.75) is 39.0 Å². The zero-order valence-electron chi connectivity index (χ0n) is 17.6. The minimum Gasteiger partial charge on any atom is -0.457 e. The molecule has 0 saturated carbocycles. The van der Waals surface area contributed by atoms with E-state index in [1.54, 1.807) is 0 Å². The number of nitrogens with zero attached hydrogens (tertiary/aromatic N) is 2. The Morgan fingerprint density at radius 3 is 2.27 bits per heavy atom. The molecular weight excluding hydrogens is 392 g/mol. The molecule has 0 spiro atoms. The van der Waals surface area contributed by atoms with Crippen LogP contribution >= 0.6 is 11.6 Å². The fraction of sp³-hybridized carbons (Fsp3) is 0.346. The molecule has 1 aliphatic rings. The van der Waals surface area contributed by atoms with Gasteiger partial charge in [-0.3, -0.25) is 0 Å². The third kappa shape index (κ3) is 5.76. The molecule has 0 amide bonds. The van der Waals surface area contributed by atoms with Crippen molar-refractivity contribution in [3.8, 4) is 11.5 Å². The fourth-order valence-corrected chi connectivity index (χ4v) is 4.13. The van der Waals surface area contributed by atoms with Crippen LogP contribution in [0.3, 0.4) is 0 Å². The molecule has 3 aromatic rings.